The quantitative estimate of drug-likeness (QED) is 0.877. The maximum absolute atomic E-state index is 12.6. The van der Waals surface area contributed by atoms with Crippen LogP contribution in [0.2, 0.25) is 0 Å². The normalized spacial score (nSPS) is 21.0. The van der Waals surface area contributed by atoms with Crippen molar-refractivity contribution in [2.24, 2.45) is 7.05 Å². The molecule has 2 aromatic rings. The highest BCUT2D eigenvalue weighted by Gasteiger charge is 2.35. The summed E-state index contributed by atoms with van der Waals surface area (Å²) in [6.45, 7) is 0.480. The molecule has 10 heteroatoms. The van der Waals surface area contributed by atoms with Gasteiger partial charge in [0.15, 0.2) is 5.75 Å². The molecule has 3 rings (SSSR count). The monoisotopic (exact) mass is 344 g/mol. The molecule has 0 aliphatic carbocycles. The van der Waals surface area contributed by atoms with Gasteiger partial charge in [0.25, 0.3) is 5.91 Å². The van der Waals surface area contributed by atoms with E-state index in [-0.39, 0.29) is 18.8 Å². The Morgan fingerprint density at radius 2 is 2.29 bits per heavy atom. The minimum absolute atomic E-state index is 0.102. The molecule has 1 aliphatic heterocycles. The lowest BCUT2D eigenvalue weighted by atomic mass is 10.2. The summed E-state index contributed by atoms with van der Waals surface area (Å²) in [5.74, 6) is -0.106. The predicted octanol–water partition coefficient (Wildman–Crippen LogP) is 1.34. The topological polar surface area (TPSA) is 81.2 Å². The molecule has 0 bridgehead atoms. The van der Waals surface area contributed by atoms with Gasteiger partial charge in [0.2, 0.25) is 0 Å². The zero-order valence-corrected chi connectivity index (χ0v) is 12.6. The molecule has 1 aliphatic rings. The Morgan fingerprint density at radius 1 is 1.50 bits per heavy atom. The lowest BCUT2D eigenvalue weighted by Gasteiger charge is -2.19. The number of rotatable bonds is 4. The molecule has 0 radical (unpaired) electrons. The van der Waals surface area contributed by atoms with Crippen molar-refractivity contribution in [3.8, 4) is 5.75 Å². The van der Waals surface area contributed by atoms with Crippen molar-refractivity contribution in [1.29, 1.82) is 0 Å². The van der Waals surface area contributed by atoms with Crippen LogP contribution in [0.25, 0.3) is 0 Å². The van der Waals surface area contributed by atoms with Gasteiger partial charge in [-0.1, -0.05) is 0 Å². The molecule has 1 saturated heterocycles. The number of carbonyl (C=O) groups excluding carboxylic acids is 1. The first kappa shape index (κ1) is 16.4. The van der Waals surface area contributed by atoms with Crippen LogP contribution in [-0.4, -0.2) is 46.0 Å². The molecule has 2 atom stereocenters. The SMILES string of the molecule is Cn1cc(O[C@@H]2COC[C@@H]2NC(=O)c2c[nH]c(C(F)(F)F)c2)cn1. The Kier molecular flexibility index (Phi) is 4.22. The Bertz CT molecular complexity index is 725. The van der Waals surface area contributed by atoms with Crippen LogP contribution < -0.4 is 10.1 Å². The van der Waals surface area contributed by atoms with Crippen LogP contribution in [0, 0.1) is 0 Å². The molecule has 7 nitrogen and oxygen atoms in total. The van der Waals surface area contributed by atoms with Crippen LogP contribution in [0.1, 0.15) is 16.1 Å². The van der Waals surface area contributed by atoms with E-state index in [4.69, 9.17) is 9.47 Å². The highest BCUT2D eigenvalue weighted by atomic mass is 19.4. The van der Waals surface area contributed by atoms with E-state index in [0.717, 1.165) is 12.3 Å². The lowest BCUT2D eigenvalue weighted by Crippen LogP contribution is -2.45. The molecule has 0 unspecified atom stereocenters. The third kappa shape index (κ3) is 3.53. The van der Waals surface area contributed by atoms with Gasteiger partial charge >= 0.3 is 6.18 Å². The van der Waals surface area contributed by atoms with Gasteiger partial charge in [-0.05, 0) is 6.07 Å². The van der Waals surface area contributed by atoms with Crippen molar-refractivity contribution in [2.45, 2.75) is 18.3 Å². The third-order valence-corrected chi connectivity index (χ3v) is 3.56. The second-order valence-corrected chi connectivity index (χ2v) is 5.42. The second kappa shape index (κ2) is 6.19. The fraction of sp³-hybridized carbons (Fsp3) is 0.429. The van der Waals surface area contributed by atoms with Crippen molar-refractivity contribution in [3.63, 3.8) is 0 Å². The zero-order chi connectivity index (χ0) is 17.3. The Labute approximate surface area is 134 Å². The van der Waals surface area contributed by atoms with E-state index < -0.39 is 29.9 Å². The number of halogens is 3. The van der Waals surface area contributed by atoms with E-state index in [9.17, 15) is 18.0 Å². The van der Waals surface area contributed by atoms with Crippen LogP contribution >= 0.6 is 0 Å². The smallest absolute Gasteiger partial charge is 0.431 e. The van der Waals surface area contributed by atoms with E-state index in [1.54, 1.807) is 17.9 Å². The summed E-state index contributed by atoms with van der Waals surface area (Å²) >= 11 is 0. The summed E-state index contributed by atoms with van der Waals surface area (Å²) in [6, 6.07) is 0.296. The van der Waals surface area contributed by atoms with Crippen LogP contribution in [-0.2, 0) is 18.0 Å². The van der Waals surface area contributed by atoms with Gasteiger partial charge in [0.05, 0.1) is 37.2 Å². The molecule has 0 spiro atoms. The molecule has 0 saturated carbocycles. The van der Waals surface area contributed by atoms with Crippen molar-refractivity contribution < 1.29 is 27.4 Å². The van der Waals surface area contributed by atoms with Gasteiger partial charge in [0.1, 0.15) is 11.8 Å². The lowest BCUT2D eigenvalue weighted by molar-refractivity contribution is -0.140. The molecule has 2 N–H and O–H groups in total. The fourth-order valence-corrected chi connectivity index (χ4v) is 2.36. The zero-order valence-electron chi connectivity index (χ0n) is 12.6. The number of nitrogens with one attached hydrogen (secondary N) is 2. The van der Waals surface area contributed by atoms with Gasteiger partial charge in [-0.3, -0.25) is 9.48 Å². The summed E-state index contributed by atoms with van der Waals surface area (Å²) < 4.78 is 50.2. The average Bonchev–Trinajstić information content (AvgIpc) is 3.20. The molecular weight excluding hydrogens is 329 g/mol. The minimum atomic E-state index is -4.53. The number of aromatic amines is 1. The second-order valence-electron chi connectivity index (χ2n) is 5.42. The van der Waals surface area contributed by atoms with Gasteiger partial charge in [-0.15, -0.1) is 0 Å². The number of ether oxygens (including phenoxy) is 2. The standard InChI is InChI=1S/C14H15F3N4O3/c1-21-5-9(4-19-21)24-11-7-23-6-10(11)20-13(22)8-2-12(18-3-8)14(15,16)17/h2-5,10-11,18H,6-7H2,1H3,(H,20,22)/t10-,11+/m0/s1. The highest BCUT2D eigenvalue weighted by Crippen LogP contribution is 2.28. The minimum Gasteiger partial charge on any atom is -0.482 e. The Morgan fingerprint density at radius 3 is 2.92 bits per heavy atom. The molecule has 130 valence electrons. The van der Waals surface area contributed by atoms with E-state index in [2.05, 4.69) is 10.4 Å². The number of nitrogens with zero attached hydrogens (tertiary/aromatic N) is 2. The maximum Gasteiger partial charge on any atom is 0.431 e. The van der Waals surface area contributed by atoms with Crippen molar-refractivity contribution in [2.75, 3.05) is 13.2 Å². The third-order valence-electron chi connectivity index (χ3n) is 3.56. The fourth-order valence-electron chi connectivity index (χ4n) is 2.36. The Hall–Kier alpha value is -2.49. The van der Waals surface area contributed by atoms with E-state index >= 15 is 0 Å². The number of carbonyl (C=O) groups is 1. The van der Waals surface area contributed by atoms with Gasteiger partial charge in [-0.2, -0.15) is 18.3 Å². The summed E-state index contributed by atoms with van der Waals surface area (Å²) in [5.41, 5.74) is -1.08. The maximum atomic E-state index is 12.6. The number of aryl methyl sites for hydroxylation is 1. The number of hydrogen-bond donors (Lipinski definition) is 2. The molecule has 1 fully saturated rings. The summed E-state index contributed by atoms with van der Waals surface area (Å²) in [4.78, 5) is 14.2. The number of aromatic nitrogens is 3. The van der Waals surface area contributed by atoms with E-state index in [1.165, 1.54) is 6.20 Å². The molecule has 0 aromatic carbocycles. The molecule has 2 aromatic heterocycles. The van der Waals surface area contributed by atoms with Gasteiger partial charge in [-0.25, -0.2) is 0 Å². The first-order valence-corrected chi connectivity index (χ1v) is 7.12. The van der Waals surface area contributed by atoms with E-state index in [1.807, 2.05) is 4.98 Å². The molecule has 24 heavy (non-hydrogen) atoms. The predicted molar refractivity (Wildman–Crippen MR) is 75.5 cm³/mol. The van der Waals surface area contributed by atoms with Crippen LogP contribution in [0.4, 0.5) is 13.2 Å². The molecular formula is C14H15F3N4O3. The summed E-state index contributed by atoms with van der Waals surface area (Å²) in [7, 11) is 1.74. The average molecular weight is 344 g/mol. The summed E-state index contributed by atoms with van der Waals surface area (Å²) in [5, 5.41) is 6.60. The van der Waals surface area contributed by atoms with E-state index in [0.29, 0.717) is 5.75 Å². The molecule has 1 amide bonds. The van der Waals surface area contributed by atoms with Crippen LogP contribution in [0.3, 0.4) is 0 Å². The van der Waals surface area contributed by atoms with Crippen LogP contribution in [0.5, 0.6) is 5.75 Å². The van der Waals surface area contributed by atoms with Crippen molar-refractivity contribution in [1.82, 2.24) is 20.1 Å². The Balaban J connectivity index is 1.63. The van der Waals surface area contributed by atoms with Gasteiger partial charge in [0, 0.05) is 13.2 Å². The highest BCUT2D eigenvalue weighted by molar-refractivity contribution is 5.94. The number of alkyl halides is 3. The molecule has 3 heterocycles. The van der Waals surface area contributed by atoms with Crippen molar-refractivity contribution >= 4 is 5.91 Å². The van der Waals surface area contributed by atoms with Crippen LogP contribution in [0.15, 0.2) is 24.7 Å². The first-order chi connectivity index (χ1) is 11.3. The largest absolute Gasteiger partial charge is 0.482 e. The van der Waals surface area contributed by atoms with Crippen molar-refractivity contribution in [3.05, 3.63) is 35.9 Å². The van der Waals surface area contributed by atoms with Gasteiger partial charge < -0.3 is 19.8 Å². The first-order valence-electron chi connectivity index (χ1n) is 7.12. The summed E-state index contributed by atoms with van der Waals surface area (Å²) in [6.07, 6.45) is -0.761. The number of H-pyrrole nitrogens is 1. The number of amides is 1. The number of hydrogen-bond acceptors (Lipinski definition) is 4.